The lowest BCUT2D eigenvalue weighted by atomic mass is 9.81. The molecule has 2 heterocycles. The lowest BCUT2D eigenvalue weighted by Crippen LogP contribution is -2.52. The molecule has 5 rings (SSSR count). The number of halogens is 3. The number of H-pyrrole nitrogens is 1. The number of nitrogens with one attached hydrogen (secondary N) is 3. The number of hydrogen-bond acceptors (Lipinski definition) is 11. The number of primary amides is 1. The minimum atomic E-state index is -5.14. The van der Waals surface area contributed by atoms with E-state index in [0.29, 0.717) is 66.1 Å². The highest BCUT2D eigenvalue weighted by atomic mass is 19.4. The lowest BCUT2D eigenvalue weighted by Gasteiger charge is -2.36. The zero-order valence-electron chi connectivity index (χ0n) is 33.8. The molecule has 0 spiro atoms. The highest BCUT2D eigenvalue weighted by Crippen LogP contribution is 2.33. The number of benzene rings is 2. The van der Waals surface area contributed by atoms with Gasteiger partial charge in [0.25, 0.3) is 5.91 Å². The fourth-order valence-corrected chi connectivity index (χ4v) is 6.85. The number of rotatable bonds is 14. The zero-order chi connectivity index (χ0) is 43.8. The van der Waals surface area contributed by atoms with Gasteiger partial charge in [-0.3, -0.25) is 19.3 Å². The molecule has 0 bridgehead atoms. The molecule has 2 atom stereocenters. The number of tetrazole rings is 1. The quantitative estimate of drug-likeness (QED) is 0.121. The monoisotopic (exact) mass is 835 g/mol. The molecule has 16 nitrogen and oxygen atoms in total. The van der Waals surface area contributed by atoms with E-state index >= 15 is 0 Å². The van der Waals surface area contributed by atoms with Crippen LogP contribution in [-0.2, 0) is 30.3 Å². The van der Waals surface area contributed by atoms with Crippen LogP contribution >= 0.6 is 0 Å². The van der Waals surface area contributed by atoms with Crippen LogP contribution in [0.2, 0.25) is 0 Å². The van der Waals surface area contributed by atoms with Crippen LogP contribution in [-0.4, -0.2) is 92.4 Å². The Morgan fingerprint density at radius 1 is 0.933 bits per heavy atom. The third-order valence-electron chi connectivity index (χ3n) is 9.84. The Morgan fingerprint density at radius 3 is 2.15 bits per heavy atom. The van der Waals surface area contributed by atoms with E-state index in [2.05, 4.69) is 41.0 Å². The maximum atomic E-state index is 14.5. The van der Waals surface area contributed by atoms with Gasteiger partial charge in [0.2, 0.25) is 17.6 Å². The standard InChI is InChI=1S/C41H48F3N9O7/c1-23(22-59-38(57)41(42,43)44)47-36(55)32-19-18-31(24(2)48-32)27-10-6-25(7-11-27)20-33(34(45)54)53(30-16-14-28(15-17-30)35-49-51-52-50-35)37(56)29-12-8-26(9-13-29)21-46-39(58)60-40(3,4)5/h6-7,10-11,14-19,23,26,29,33H,8-9,12-13,20-22H2,1-5H3,(H2,45,54)(H,46,58)(H,47,55)(H,49,50,51,52)/t23-,26?,29?,33+/m1/s1. The molecule has 0 aliphatic heterocycles. The van der Waals surface area contributed by atoms with Crippen LogP contribution < -0.4 is 21.3 Å². The fourth-order valence-electron chi connectivity index (χ4n) is 6.85. The van der Waals surface area contributed by atoms with Gasteiger partial charge in [0.15, 0.2) is 0 Å². The highest BCUT2D eigenvalue weighted by Gasteiger charge is 2.41. The summed E-state index contributed by atoms with van der Waals surface area (Å²) in [6.45, 7) is 8.19. The molecule has 1 saturated carbocycles. The Hall–Kier alpha value is -6.40. The van der Waals surface area contributed by atoms with Crippen molar-refractivity contribution in [2.45, 2.75) is 90.6 Å². The van der Waals surface area contributed by atoms with Crippen molar-refractivity contribution in [1.29, 1.82) is 0 Å². The van der Waals surface area contributed by atoms with E-state index in [4.69, 9.17) is 10.5 Å². The molecule has 0 unspecified atom stereocenters. The largest absolute Gasteiger partial charge is 0.490 e. The normalized spacial score (nSPS) is 16.5. The van der Waals surface area contributed by atoms with Crippen LogP contribution in [0.25, 0.3) is 22.5 Å². The van der Waals surface area contributed by atoms with Crippen molar-refractivity contribution in [1.82, 2.24) is 36.2 Å². The van der Waals surface area contributed by atoms with Crippen molar-refractivity contribution in [3.8, 4) is 22.5 Å². The molecule has 4 amide bonds. The highest BCUT2D eigenvalue weighted by molar-refractivity contribution is 6.02. The maximum absolute atomic E-state index is 14.5. The van der Waals surface area contributed by atoms with Crippen molar-refractivity contribution in [2.75, 3.05) is 18.1 Å². The van der Waals surface area contributed by atoms with Crippen molar-refractivity contribution in [3.05, 3.63) is 77.6 Å². The first-order valence-electron chi connectivity index (χ1n) is 19.3. The number of carbonyl (C=O) groups is 5. The van der Waals surface area contributed by atoms with E-state index in [-0.39, 0.29) is 23.9 Å². The molecule has 5 N–H and O–H groups in total. The van der Waals surface area contributed by atoms with E-state index < -0.39 is 60.3 Å². The Morgan fingerprint density at radius 2 is 1.58 bits per heavy atom. The van der Waals surface area contributed by atoms with Crippen LogP contribution in [0.5, 0.6) is 0 Å². The van der Waals surface area contributed by atoms with E-state index in [1.165, 1.54) is 17.9 Å². The number of esters is 1. The summed E-state index contributed by atoms with van der Waals surface area (Å²) in [5.41, 5.74) is 9.17. The molecule has 2 aromatic carbocycles. The number of aromatic amines is 1. The topological polar surface area (TPSA) is 224 Å². The predicted octanol–water partition coefficient (Wildman–Crippen LogP) is 5.22. The van der Waals surface area contributed by atoms with Gasteiger partial charge < -0.3 is 25.8 Å². The number of ether oxygens (including phenoxy) is 2. The molecule has 320 valence electrons. The first-order chi connectivity index (χ1) is 28.3. The van der Waals surface area contributed by atoms with Crippen molar-refractivity contribution in [3.63, 3.8) is 0 Å². The van der Waals surface area contributed by atoms with Gasteiger partial charge in [-0.2, -0.15) is 18.4 Å². The SMILES string of the molecule is Cc1nc(C(=O)N[C@H](C)COC(=O)C(F)(F)F)ccc1-c1ccc(C[C@@H](C(N)=O)N(C(=O)C2CCC(CNC(=O)OC(C)(C)C)CC2)c2ccc(-c3nn[nH]n3)cc2)cc1. The predicted molar refractivity (Wildman–Crippen MR) is 212 cm³/mol. The first kappa shape index (κ1) is 44.7. The number of amides is 4. The van der Waals surface area contributed by atoms with E-state index in [0.717, 1.165) is 5.56 Å². The number of alkyl halides is 3. The number of alkyl carbamates (subject to hydrolysis) is 1. The summed E-state index contributed by atoms with van der Waals surface area (Å²) >= 11 is 0. The summed E-state index contributed by atoms with van der Waals surface area (Å²) in [5.74, 6) is -3.86. The van der Waals surface area contributed by atoms with Crippen LogP contribution in [0.1, 0.15) is 75.1 Å². The van der Waals surface area contributed by atoms with Crippen LogP contribution in [0, 0.1) is 18.8 Å². The summed E-state index contributed by atoms with van der Waals surface area (Å²) in [6.07, 6.45) is -3.09. The van der Waals surface area contributed by atoms with Crippen molar-refractivity contribution in [2.24, 2.45) is 17.6 Å². The molecule has 60 heavy (non-hydrogen) atoms. The van der Waals surface area contributed by atoms with Gasteiger partial charge in [-0.1, -0.05) is 30.3 Å². The Labute approximate surface area is 344 Å². The Balaban J connectivity index is 1.29. The second-order valence-electron chi connectivity index (χ2n) is 15.7. The van der Waals surface area contributed by atoms with Gasteiger partial charge in [0.05, 0.1) is 6.04 Å². The third-order valence-corrected chi connectivity index (χ3v) is 9.84. The average Bonchev–Trinajstić information content (AvgIpc) is 3.74. The minimum Gasteiger partial charge on any atom is -0.457 e. The van der Waals surface area contributed by atoms with Gasteiger partial charge in [0.1, 0.15) is 23.9 Å². The summed E-state index contributed by atoms with van der Waals surface area (Å²) < 4.78 is 46.9. The van der Waals surface area contributed by atoms with Crippen molar-refractivity contribution >= 4 is 35.5 Å². The van der Waals surface area contributed by atoms with Gasteiger partial charge in [-0.05, 0) is 113 Å². The number of aromatic nitrogens is 5. The number of nitrogens with zero attached hydrogens (tertiary/aromatic N) is 5. The van der Waals surface area contributed by atoms with Crippen LogP contribution in [0.15, 0.2) is 60.7 Å². The molecular formula is C41H48F3N9O7. The number of pyridine rings is 1. The molecule has 19 heteroatoms. The number of anilines is 1. The Bertz CT molecular complexity index is 2130. The molecule has 2 aromatic heterocycles. The second kappa shape index (κ2) is 19.1. The Kier molecular flexibility index (Phi) is 14.2. The molecule has 1 aliphatic rings. The first-order valence-corrected chi connectivity index (χ1v) is 19.3. The third kappa shape index (κ3) is 12.1. The summed E-state index contributed by atoms with van der Waals surface area (Å²) in [7, 11) is 0. The summed E-state index contributed by atoms with van der Waals surface area (Å²) in [4.78, 5) is 69.6. The van der Waals surface area contributed by atoms with Gasteiger partial charge in [-0.15, -0.1) is 10.2 Å². The molecule has 1 fully saturated rings. The van der Waals surface area contributed by atoms with Crippen LogP contribution in [0.4, 0.5) is 23.7 Å². The molecule has 0 radical (unpaired) electrons. The molecule has 0 saturated heterocycles. The molecule has 4 aromatic rings. The number of aryl methyl sites for hydroxylation is 1. The minimum absolute atomic E-state index is 0.00667. The van der Waals surface area contributed by atoms with E-state index in [1.54, 1.807) is 70.2 Å². The number of hydrogen-bond donors (Lipinski definition) is 4. The average molecular weight is 836 g/mol. The summed E-state index contributed by atoms with van der Waals surface area (Å²) in [6, 6.07) is 15.3. The molecule has 1 aliphatic carbocycles. The fraction of sp³-hybridized carbons (Fsp3) is 0.439. The molecular weight excluding hydrogens is 788 g/mol. The maximum Gasteiger partial charge on any atom is 0.490 e. The summed E-state index contributed by atoms with van der Waals surface area (Å²) in [5, 5.41) is 19.3. The van der Waals surface area contributed by atoms with Gasteiger partial charge in [-0.25, -0.2) is 14.6 Å². The van der Waals surface area contributed by atoms with Gasteiger partial charge >= 0.3 is 18.2 Å². The number of carbonyl (C=O) groups excluding carboxylic acids is 5. The lowest BCUT2D eigenvalue weighted by molar-refractivity contribution is -0.200. The van der Waals surface area contributed by atoms with E-state index in [1.807, 2.05) is 12.1 Å². The van der Waals surface area contributed by atoms with Crippen molar-refractivity contribution < 1.29 is 46.6 Å². The van der Waals surface area contributed by atoms with E-state index in [9.17, 15) is 37.1 Å². The smallest absolute Gasteiger partial charge is 0.457 e. The van der Waals surface area contributed by atoms with Crippen LogP contribution in [0.3, 0.4) is 0 Å². The zero-order valence-corrected chi connectivity index (χ0v) is 33.8. The number of nitrogens with two attached hydrogens (primary N) is 1. The second-order valence-corrected chi connectivity index (χ2v) is 15.7. The van der Waals surface area contributed by atoms with Gasteiger partial charge in [0, 0.05) is 41.4 Å².